The summed E-state index contributed by atoms with van der Waals surface area (Å²) in [7, 11) is 0. The summed E-state index contributed by atoms with van der Waals surface area (Å²) in [5.41, 5.74) is 3.13. The number of benzene rings is 1. The molecule has 12 heavy (non-hydrogen) atoms. The van der Waals surface area contributed by atoms with Gasteiger partial charge in [0.05, 0.1) is 0 Å². The van der Waals surface area contributed by atoms with Crippen LogP contribution in [0.5, 0.6) is 0 Å². The molecule has 0 aliphatic rings. The average Bonchev–Trinajstić information content (AvgIpc) is 2.04. The Morgan fingerprint density at radius 3 is 2.75 bits per heavy atom. The molecule has 0 heterocycles. The Hall–Kier alpha value is -0.630. The topological polar surface area (TPSA) is 17.1 Å². The molecular formula is C10H11BrO. The van der Waals surface area contributed by atoms with Gasteiger partial charge in [0.15, 0.2) is 0 Å². The van der Waals surface area contributed by atoms with Gasteiger partial charge in [-0.2, -0.15) is 0 Å². The Morgan fingerprint density at radius 1 is 1.42 bits per heavy atom. The van der Waals surface area contributed by atoms with Crippen LogP contribution in [0.4, 0.5) is 0 Å². The van der Waals surface area contributed by atoms with E-state index in [4.69, 9.17) is 0 Å². The zero-order chi connectivity index (χ0) is 8.97. The number of aryl methyl sites for hydroxylation is 2. The minimum absolute atomic E-state index is 0.769. The van der Waals surface area contributed by atoms with Gasteiger partial charge in [-0.3, -0.25) is 4.79 Å². The predicted octanol–water partition coefficient (Wildman–Crippen LogP) is 2.74. The first kappa shape index (κ1) is 9.46. The molecule has 1 aromatic carbocycles. The van der Waals surface area contributed by atoms with Crippen molar-refractivity contribution in [2.75, 3.05) is 5.33 Å². The van der Waals surface area contributed by atoms with E-state index >= 15 is 0 Å². The third kappa shape index (κ3) is 2.45. The first-order valence-corrected chi connectivity index (χ1v) is 5.00. The number of aldehydes is 1. The van der Waals surface area contributed by atoms with Crippen molar-refractivity contribution in [2.24, 2.45) is 0 Å². The SMILES string of the molecule is Cc1cc(C=O)cc(CCBr)c1. The van der Waals surface area contributed by atoms with Crippen molar-refractivity contribution in [1.82, 2.24) is 0 Å². The molecule has 0 fully saturated rings. The highest BCUT2D eigenvalue weighted by atomic mass is 79.9. The van der Waals surface area contributed by atoms with Crippen LogP contribution in [0.1, 0.15) is 21.5 Å². The lowest BCUT2D eigenvalue weighted by atomic mass is 10.1. The zero-order valence-corrected chi connectivity index (χ0v) is 8.60. The molecule has 0 amide bonds. The number of halogens is 1. The summed E-state index contributed by atoms with van der Waals surface area (Å²) in [6, 6.07) is 5.93. The van der Waals surface area contributed by atoms with E-state index in [1.807, 2.05) is 19.1 Å². The van der Waals surface area contributed by atoms with Gasteiger partial charge in [0, 0.05) is 10.9 Å². The largest absolute Gasteiger partial charge is 0.298 e. The highest BCUT2D eigenvalue weighted by Crippen LogP contribution is 2.09. The summed E-state index contributed by atoms with van der Waals surface area (Å²) in [5, 5.41) is 0.939. The molecule has 0 aliphatic carbocycles. The molecule has 0 N–H and O–H groups in total. The lowest BCUT2D eigenvalue weighted by Gasteiger charge is -2.01. The normalized spacial score (nSPS) is 9.83. The third-order valence-electron chi connectivity index (χ3n) is 1.68. The second-order valence-electron chi connectivity index (χ2n) is 2.81. The van der Waals surface area contributed by atoms with Crippen LogP contribution < -0.4 is 0 Å². The quantitative estimate of drug-likeness (QED) is 0.573. The number of rotatable bonds is 3. The standard InChI is InChI=1S/C10H11BrO/c1-8-4-9(2-3-11)6-10(5-8)7-12/h4-7H,2-3H2,1H3. The van der Waals surface area contributed by atoms with Crippen LogP contribution >= 0.6 is 15.9 Å². The molecule has 0 atom stereocenters. The van der Waals surface area contributed by atoms with Gasteiger partial charge in [0.2, 0.25) is 0 Å². The first-order chi connectivity index (χ1) is 5.76. The van der Waals surface area contributed by atoms with E-state index in [0.717, 1.165) is 29.2 Å². The van der Waals surface area contributed by atoms with Crippen LogP contribution in [0.25, 0.3) is 0 Å². The van der Waals surface area contributed by atoms with Gasteiger partial charge in [0.1, 0.15) is 6.29 Å². The van der Waals surface area contributed by atoms with Gasteiger partial charge in [-0.1, -0.05) is 27.6 Å². The molecule has 1 aromatic rings. The Labute approximate surface area is 80.9 Å². The van der Waals surface area contributed by atoms with Crippen LogP contribution in [0.15, 0.2) is 18.2 Å². The second-order valence-corrected chi connectivity index (χ2v) is 3.60. The fourth-order valence-corrected chi connectivity index (χ4v) is 1.67. The van der Waals surface area contributed by atoms with Gasteiger partial charge < -0.3 is 0 Å². The number of carbonyl (C=O) groups is 1. The molecule has 0 saturated heterocycles. The van der Waals surface area contributed by atoms with Crippen molar-refractivity contribution >= 4 is 22.2 Å². The minimum atomic E-state index is 0.769. The van der Waals surface area contributed by atoms with E-state index in [-0.39, 0.29) is 0 Å². The van der Waals surface area contributed by atoms with Crippen LogP contribution in [0, 0.1) is 6.92 Å². The lowest BCUT2D eigenvalue weighted by molar-refractivity contribution is 0.112. The Balaban J connectivity index is 2.97. The van der Waals surface area contributed by atoms with Crippen LogP contribution in [-0.2, 0) is 6.42 Å². The van der Waals surface area contributed by atoms with E-state index in [2.05, 4.69) is 22.0 Å². The van der Waals surface area contributed by atoms with Gasteiger partial charge >= 0.3 is 0 Å². The molecule has 1 nitrogen and oxygen atoms in total. The highest BCUT2D eigenvalue weighted by Gasteiger charge is 1.96. The maximum absolute atomic E-state index is 10.5. The molecule has 0 radical (unpaired) electrons. The van der Waals surface area contributed by atoms with Gasteiger partial charge in [-0.05, 0) is 31.0 Å². The first-order valence-electron chi connectivity index (χ1n) is 3.88. The summed E-state index contributed by atoms with van der Waals surface area (Å²) in [4.78, 5) is 10.5. The summed E-state index contributed by atoms with van der Waals surface area (Å²) in [5.74, 6) is 0. The van der Waals surface area contributed by atoms with E-state index in [9.17, 15) is 4.79 Å². The van der Waals surface area contributed by atoms with E-state index in [1.54, 1.807) is 0 Å². The van der Waals surface area contributed by atoms with Crippen molar-refractivity contribution in [1.29, 1.82) is 0 Å². The Bertz CT molecular complexity index is 281. The summed E-state index contributed by atoms with van der Waals surface area (Å²) in [6.45, 7) is 2.00. The third-order valence-corrected chi connectivity index (χ3v) is 2.08. The maximum atomic E-state index is 10.5. The molecule has 1 rings (SSSR count). The Morgan fingerprint density at radius 2 is 2.17 bits per heavy atom. The van der Waals surface area contributed by atoms with Gasteiger partial charge in [-0.15, -0.1) is 0 Å². The zero-order valence-electron chi connectivity index (χ0n) is 7.01. The van der Waals surface area contributed by atoms with Crippen molar-refractivity contribution in [3.63, 3.8) is 0 Å². The maximum Gasteiger partial charge on any atom is 0.150 e. The van der Waals surface area contributed by atoms with Gasteiger partial charge in [0.25, 0.3) is 0 Å². The fourth-order valence-electron chi connectivity index (χ4n) is 1.22. The highest BCUT2D eigenvalue weighted by molar-refractivity contribution is 9.09. The predicted molar refractivity (Wildman–Crippen MR) is 54.1 cm³/mol. The van der Waals surface area contributed by atoms with E-state index in [1.165, 1.54) is 5.56 Å². The monoisotopic (exact) mass is 226 g/mol. The molecule has 0 spiro atoms. The summed E-state index contributed by atoms with van der Waals surface area (Å²) in [6.07, 6.45) is 1.87. The van der Waals surface area contributed by atoms with E-state index < -0.39 is 0 Å². The average molecular weight is 227 g/mol. The number of hydrogen-bond donors (Lipinski definition) is 0. The molecule has 0 saturated carbocycles. The van der Waals surface area contributed by atoms with Crippen molar-refractivity contribution in [2.45, 2.75) is 13.3 Å². The van der Waals surface area contributed by atoms with Crippen LogP contribution in [0.2, 0.25) is 0 Å². The smallest absolute Gasteiger partial charge is 0.150 e. The van der Waals surface area contributed by atoms with Crippen molar-refractivity contribution in [3.05, 3.63) is 34.9 Å². The summed E-state index contributed by atoms with van der Waals surface area (Å²) < 4.78 is 0. The molecule has 2 heteroatoms. The van der Waals surface area contributed by atoms with Crippen LogP contribution in [-0.4, -0.2) is 11.6 Å². The van der Waals surface area contributed by atoms with Crippen molar-refractivity contribution < 1.29 is 4.79 Å². The molecule has 0 aliphatic heterocycles. The van der Waals surface area contributed by atoms with E-state index in [0.29, 0.717) is 0 Å². The Kier molecular flexibility index (Phi) is 3.48. The molecule has 0 unspecified atom stereocenters. The lowest BCUT2D eigenvalue weighted by Crippen LogP contribution is -1.90. The summed E-state index contributed by atoms with van der Waals surface area (Å²) >= 11 is 3.37. The van der Waals surface area contributed by atoms with Gasteiger partial charge in [-0.25, -0.2) is 0 Å². The molecular weight excluding hydrogens is 216 g/mol. The second kappa shape index (κ2) is 4.41. The molecule has 64 valence electrons. The molecule has 0 aromatic heterocycles. The fraction of sp³-hybridized carbons (Fsp3) is 0.300. The van der Waals surface area contributed by atoms with Crippen molar-refractivity contribution in [3.8, 4) is 0 Å². The number of carbonyl (C=O) groups excluding carboxylic acids is 1. The minimum Gasteiger partial charge on any atom is -0.298 e. The van der Waals surface area contributed by atoms with Crippen LogP contribution in [0.3, 0.4) is 0 Å². The number of hydrogen-bond acceptors (Lipinski definition) is 1. The number of alkyl halides is 1. The molecule has 0 bridgehead atoms.